The van der Waals surface area contributed by atoms with Crippen LogP contribution in [0.4, 0.5) is 20.3 Å². The third kappa shape index (κ3) is 5.28. The Kier molecular flexibility index (Phi) is 6.75. The molecule has 0 spiro atoms. The van der Waals surface area contributed by atoms with Gasteiger partial charge in [0.05, 0.1) is 0 Å². The van der Waals surface area contributed by atoms with E-state index in [1.165, 1.54) is 18.3 Å². The van der Waals surface area contributed by atoms with Gasteiger partial charge >= 0.3 is 5.97 Å². The minimum absolute atomic E-state index is 0.0879. The topological polar surface area (TPSA) is 79.7 Å². The van der Waals surface area contributed by atoms with Crippen molar-refractivity contribution in [3.63, 3.8) is 0 Å². The SMILES string of the molecule is CN(c1ccc(Cl)cc1)c1ccc(C(=O)c2ccc(Oc3ccc(F)c(F)c3)c(C(=O)O)c2)cn1. The minimum Gasteiger partial charge on any atom is -0.478 e. The number of anilines is 2. The molecule has 1 heterocycles. The molecule has 176 valence electrons. The number of aromatic nitrogens is 1. The Labute approximate surface area is 204 Å². The van der Waals surface area contributed by atoms with Crippen molar-refractivity contribution in [3.8, 4) is 11.5 Å². The van der Waals surface area contributed by atoms with Crippen molar-refractivity contribution in [3.05, 3.63) is 112 Å². The molecule has 6 nitrogen and oxygen atoms in total. The summed E-state index contributed by atoms with van der Waals surface area (Å²) in [6.07, 6.45) is 1.40. The van der Waals surface area contributed by atoms with Crippen LogP contribution in [-0.4, -0.2) is 28.9 Å². The summed E-state index contributed by atoms with van der Waals surface area (Å²) in [4.78, 5) is 30.9. The van der Waals surface area contributed by atoms with E-state index >= 15 is 0 Å². The number of hydrogen-bond donors (Lipinski definition) is 1. The summed E-state index contributed by atoms with van der Waals surface area (Å²) in [6, 6.07) is 17.1. The predicted octanol–water partition coefficient (Wildman–Crippen LogP) is 6.50. The number of hydrogen-bond acceptors (Lipinski definition) is 5. The maximum absolute atomic E-state index is 13.5. The van der Waals surface area contributed by atoms with Crippen LogP contribution in [0.3, 0.4) is 0 Å². The fourth-order valence-electron chi connectivity index (χ4n) is 3.28. The van der Waals surface area contributed by atoms with Crippen LogP contribution in [0.5, 0.6) is 11.5 Å². The van der Waals surface area contributed by atoms with Gasteiger partial charge in [-0.15, -0.1) is 0 Å². The molecule has 1 N–H and O–H groups in total. The molecule has 0 amide bonds. The first-order valence-corrected chi connectivity index (χ1v) is 10.6. The van der Waals surface area contributed by atoms with Crippen LogP contribution in [-0.2, 0) is 0 Å². The Morgan fingerprint density at radius 3 is 2.26 bits per heavy atom. The van der Waals surface area contributed by atoms with E-state index in [-0.39, 0.29) is 28.2 Å². The average Bonchev–Trinajstić information content (AvgIpc) is 2.86. The van der Waals surface area contributed by atoms with Gasteiger partial charge in [-0.1, -0.05) is 11.6 Å². The summed E-state index contributed by atoms with van der Waals surface area (Å²) in [5, 5.41) is 10.2. The predicted molar refractivity (Wildman–Crippen MR) is 127 cm³/mol. The summed E-state index contributed by atoms with van der Waals surface area (Å²) in [5.74, 6) is -3.62. The van der Waals surface area contributed by atoms with Crippen molar-refractivity contribution >= 4 is 34.9 Å². The zero-order chi connectivity index (χ0) is 25.1. The number of carboxylic acid groups (broad SMARTS) is 1. The van der Waals surface area contributed by atoms with Crippen LogP contribution in [0, 0.1) is 11.6 Å². The number of carboxylic acids is 1. The van der Waals surface area contributed by atoms with Gasteiger partial charge in [-0.3, -0.25) is 4.79 Å². The number of ether oxygens (including phenoxy) is 1. The molecule has 0 saturated heterocycles. The zero-order valence-corrected chi connectivity index (χ0v) is 19.0. The number of ketones is 1. The summed E-state index contributed by atoms with van der Waals surface area (Å²) >= 11 is 5.92. The minimum atomic E-state index is -1.35. The van der Waals surface area contributed by atoms with Crippen LogP contribution in [0.25, 0.3) is 0 Å². The molecule has 0 atom stereocenters. The molecule has 0 aliphatic carbocycles. The standard InChI is InChI=1S/C26H17ClF2N2O4/c1-31(18-6-4-17(27)5-7-18)24-11-3-16(14-30-24)25(32)15-2-10-23(20(12-15)26(33)34)35-19-8-9-21(28)22(29)13-19/h2-14H,1H3,(H,33,34). The van der Waals surface area contributed by atoms with E-state index in [2.05, 4.69) is 4.98 Å². The lowest BCUT2D eigenvalue weighted by Gasteiger charge is -2.18. The van der Waals surface area contributed by atoms with E-state index in [4.69, 9.17) is 16.3 Å². The molecular formula is C26H17ClF2N2O4. The highest BCUT2D eigenvalue weighted by Gasteiger charge is 2.18. The van der Waals surface area contributed by atoms with Gasteiger partial charge in [0.2, 0.25) is 0 Å². The number of carbonyl (C=O) groups excluding carboxylic acids is 1. The lowest BCUT2D eigenvalue weighted by molar-refractivity contribution is 0.0694. The van der Waals surface area contributed by atoms with Crippen molar-refractivity contribution in [1.29, 1.82) is 0 Å². The number of carbonyl (C=O) groups is 2. The highest BCUT2D eigenvalue weighted by atomic mass is 35.5. The van der Waals surface area contributed by atoms with E-state index in [0.717, 1.165) is 30.0 Å². The van der Waals surface area contributed by atoms with Gasteiger partial charge < -0.3 is 14.7 Å². The lowest BCUT2D eigenvalue weighted by Crippen LogP contribution is -2.12. The first kappa shape index (κ1) is 23.8. The van der Waals surface area contributed by atoms with Gasteiger partial charge in [-0.2, -0.15) is 0 Å². The van der Waals surface area contributed by atoms with E-state index < -0.39 is 23.4 Å². The first-order chi connectivity index (χ1) is 16.7. The Morgan fingerprint density at radius 1 is 0.914 bits per heavy atom. The monoisotopic (exact) mass is 494 g/mol. The van der Waals surface area contributed by atoms with Crippen molar-refractivity contribution in [2.45, 2.75) is 0 Å². The smallest absolute Gasteiger partial charge is 0.339 e. The normalized spacial score (nSPS) is 10.6. The molecule has 9 heteroatoms. The number of pyridine rings is 1. The molecule has 3 aromatic carbocycles. The number of benzene rings is 3. The summed E-state index contributed by atoms with van der Waals surface area (Å²) in [5.41, 5.74) is 0.890. The van der Waals surface area contributed by atoms with Gasteiger partial charge in [0.25, 0.3) is 0 Å². The third-order valence-corrected chi connectivity index (χ3v) is 5.41. The Balaban J connectivity index is 1.56. The van der Waals surface area contributed by atoms with Crippen LogP contribution in [0.15, 0.2) is 79.0 Å². The van der Waals surface area contributed by atoms with Gasteiger partial charge in [0, 0.05) is 41.1 Å². The largest absolute Gasteiger partial charge is 0.478 e. The molecular weight excluding hydrogens is 478 g/mol. The number of nitrogens with zero attached hydrogens (tertiary/aromatic N) is 2. The van der Waals surface area contributed by atoms with Crippen LogP contribution >= 0.6 is 11.6 Å². The lowest BCUT2D eigenvalue weighted by atomic mass is 10.0. The zero-order valence-electron chi connectivity index (χ0n) is 18.2. The van der Waals surface area contributed by atoms with E-state index in [9.17, 15) is 23.5 Å². The van der Waals surface area contributed by atoms with Crippen LogP contribution in [0.2, 0.25) is 5.02 Å². The average molecular weight is 495 g/mol. The van der Waals surface area contributed by atoms with E-state index in [1.807, 2.05) is 24.1 Å². The van der Waals surface area contributed by atoms with Gasteiger partial charge in [0.15, 0.2) is 17.4 Å². The molecule has 0 unspecified atom stereocenters. The molecule has 0 radical (unpaired) electrons. The second kappa shape index (κ2) is 9.90. The molecule has 1 aromatic heterocycles. The Morgan fingerprint density at radius 2 is 1.63 bits per heavy atom. The highest BCUT2D eigenvalue weighted by molar-refractivity contribution is 6.30. The number of rotatable bonds is 7. The number of halogens is 3. The molecule has 0 saturated carbocycles. The Hall–Kier alpha value is -4.30. The van der Waals surface area contributed by atoms with Crippen LogP contribution < -0.4 is 9.64 Å². The quantitative estimate of drug-likeness (QED) is 0.295. The fourth-order valence-corrected chi connectivity index (χ4v) is 3.40. The highest BCUT2D eigenvalue weighted by Crippen LogP contribution is 2.29. The molecule has 0 aliphatic rings. The maximum atomic E-state index is 13.5. The Bertz CT molecular complexity index is 1410. The molecule has 35 heavy (non-hydrogen) atoms. The maximum Gasteiger partial charge on any atom is 0.339 e. The second-order valence-corrected chi connectivity index (χ2v) is 7.90. The molecule has 0 bridgehead atoms. The van der Waals surface area contributed by atoms with Crippen molar-refractivity contribution in [2.75, 3.05) is 11.9 Å². The molecule has 0 fully saturated rings. The fraction of sp³-hybridized carbons (Fsp3) is 0.0385. The summed E-state index contributed by atoms with van der Waals surface area (Å²) < 4.78 is 32.0. The molecule has 4 aromatic rings. The summed E-state index contributed by atoms with van der Waals surface area (Å²) in [6.45, 7) is 0. The molecule has 0 aliphatic heterocycles. The molecule has 4 rings (SSSR count). The van der Waals surface area contributed by atoms with Crippen molar-refractivity contribution < 1.29 is 28.2 Å². The van der Waals surface area contributed by atoms with Crippen molar-refractivity contribution in [1.82, 2.24) is 4.98 Å². The second-order valence-electron chi connectivity index (χ2n) is 7.46. The van der Waals surface area contributed by atoms with Gasteiger partial charge in [0.1, 0.15) is 22.9 Å². The number of aromatic carboxylic acids is 1. The van der Waals surface area contributed by atoms with E-state index in [0.29, 0.717) is 10.8 Å². The van der Waals surface area contributed by atoms with E-state index in [1.54, 1.807) is 24.3 Å². The third-order valence-electron chi connectivity index (χ3n) is 5.16. The first-order valence-electron chi connectivity index (χ1n) is 10.2. The van der Waals surface area contributed by atoms with Crippen molar-refractivity contribution in [2.24, 2.45) is 0 Å². The summed E-state index contributed by atoms with van der Waals surface area (Å²) in [7, 11) is 1.82. The van der Waals surface area contributed by atoms with Gasteiger partial charge in [-0.25, -0.2) is 18.6 Å². The van der Waals surface area contributed by atoms with Gasteiger partial charge in [-0.05, 0) is 66.7 Å². The van der Waals surface area contributed by atoms with Crippen LogP contribution in [0.1, 0.15) is 26.3 Å².